The number of hydrogen-bond donors (Lipinski definition) is 0. The van der Waals surface area contributed by atoms with Crippen molar-refractivity contribution < 1.29 is 13.7 Å². The first-order valence-electron chi connectivity index (χ1n) is 9.84. The smallest absolute Gasteiger partial charge is 0.259 e. The van der Waals surface area contributed by atoms with Crippen molar-refractivity contribution in [1.29, 1.82) is 0 Å². The Kier molecular flexibility index (Phi) is 4.50. The lowest BCUT2D eigenvalue weighted by molar-refractivity contribution is 0.0729. The fourth-order valence-electron chi connectivity index (χ4n) is 3.64. The van der Waals surface area contributed by atoms with Gasteiger partial charge in [-0.05, 0) is 50.1 Å². The lowest BCUT2D eigenvalue weighted by Gasteiger charge is -2.22. The van der Waals surface area contributed by atoms with Crippen LogP contribution < -0.4 is 0 Å². The lowest BCUT2D eigenvalue weighted by atomic mass is 10.0. The molecule has 4 aromatic rings. The van der Waals surface area contributed by atoms with Crippen LogP contribution in [0.15, 0.2) is 59.3 Å². The molecule has 5 rings (SSSR count). The number of benzene rings is 1. The van der Waals surface area contributed by atoms with Crippen molar-refractivity contribution in [3.63, 3.8) is 0 Å². The van der Waals surface area contributed by atoms with Gasteiger partial charge < -0.3 is 9.42 Å². The van der Waals surface area contributed by atoms with E-state index in [9.17, 15) is 9.18 Å². The quantitative estimate of drug-likeness (QED) is 0.490. The molecule has 150 valence electrons. The Hall–Kier alpha value is -3.61. The van der Waals surface area contributed by atoms with Crippen LogP contribution in [0.5, 0.6) is 0 Å². The van der Waals surface area contributed by atoms with Gasteiger partial charge in [0.15, 0.2) is 0 Å². The summed E-state index contributed by atoms with van der Waals surface area (Å²) < 4.78 is 19.8. The average Bonchev–Trinajstić information content (AvgIpc) is 3.54. The van der Waals surface area contributed by atoms with Crippen LogP contribution in [0, 0.1) is 12.7 Å². The van der Waals surface area contributed by atoms with Crippen molar-refractivity contribution >= 4 is 17.0 Å². The van der Waals surface area contributed by atoms with Gasteiger partial charge in [-0.15, -0.1) is 0 Å². The topological polar surface area (TPSA) is 72.1 Å². The maximum atomic E-state index is 14.4. The molecule has 30 heavy (non-hydrogen) atoms. The first-order chi connectivity index (χ1) is 14.6. The molecule has 0 spiro atoms. The minimum atomic E-state index is -0.411. The highest BCUT2D eigenvalue weighted by Crippen LogP contribution is 2.33. The van der Waals surface area contributed by atoms with Crippen LogP contribution in [0.4, 0.5) is 4.39 Å². The number of carbonyl (C=O) groups excluding carboxylic acids is 1. The Labute approximate surface area is 172 Å². The standard InChI is InChI=1S/C23H19FN4O2/c1-14-21-18(23(29)28(16-9-10-16)13-15-6-4-5-11-25-15)12-20(26-22(21)30-27-14)17-7-2-3-8-19(17)24/h2-8,11-12,16H,9-10,13H2,1H3. The first kappa shape index (κ1) is 18.4. The predicted octanol–water partition coefficient (Wildman–Crippen LogP) is 4.54. The Bertz CT molecular complexity index is 1230. The molecular weight excluding hydrogens is 383 g/mol. The number of carbonyl (C=O) groups is 1. The third-order valence-corrected chi connectivity index (χ3v) is 5.30. The van der Waals surface area contributed by atoms with E-state index in [1.54, 1.807) is 37.4 Å². The van der Waals surface area contributed by atoms with Gasteiger partial charge in [0.05, 0.1) is 34.6 Å². The van der Waals surface area contributed by atoms with E-state index in [1.807, 2.05) is 23.1 Å². The van der Waals surface area contributed by atoms with Crippen molar-refractivity contribution in [3.8, 4) is 11.3 Å². The summed E-state index contributed by atoms with van der Waals surface area (Å²) in [6.45, 7) is 2.18. The Balaban J connectivity index is 1.62. The molecular formula is C23H19FN4O2. The second kappa shape index (κ2) is 7.33. The van der Waals surface area contributed by atoms with Crippen LogP contribution >= 0.6 is 0 Å². The van der Waals surface area contributed by atoms with Gasteiger partial charge in [-0.2, -0.15) is 0 Å². The van der Waals surface area contributed by atoms with E-state index in [4.69, 9.17) is 4.52 Å². The van der Waals surface area contributed by atoms with Gasteiger partial charge in [-0.25, -0.2) is 9.37 Å². The number of amides is 1. The summed E-state index contributed by atoms with van der Waals surface area (Å²) >= 11 is 0. The van der Waals surface area contributed by atoms with Crippen LogP contribution in [0.3, 0.4) is 0 Å². The molecule has 0 N–H and O–H groups in total. The number of rotatable bonds is 5. The zero-order valence-electron chi connectivity index (χ0n) is 16.4. The van der Waals surface area contributed by atoms with Crippen LogP contribution in [-0.4, -0.2) is 32.0 Å². The molecule has 3 heterocycles. The SMILES string of the molecule is Cc1noc2nc(-c3ccccc3F)cc(C(=O)N(Cc3ccccn3)C3CC3)c12. The molecule has 1 aliphatic carbocycles. The molecule has 6 nitrogen and oxygen atoms in total. The van der Waals surface area contributed by atoms with Gasteiger partial charge in [-0.1, -0.05) is 23.4 Å². The first-order valence-corrected chi connectivity index (χ1v) is 9.84. The molecule has 1 saturated carbocycles. The maximum absolute atomic E-state index is 14.4. The molecule has 0 atom stereocenters. The van der Waals surface area contributed by atoms with Gasteiger partial charge in [0.25, 0.3) is 11.6 Å². The summed E-state index contributed by atoms with van der Waals surface area (Å²) in [6.07, 6.45) is 3.63. The van der Waals surface area contributed by atoms with Crippen LogP contribution in [0.25, 0.3) is 22.4 Å². The fourth-order valence-corrected chi connectivity index (χ4v) is 3.64. The molecule has 1 aromatic carbocycles. The van der Waals surface area contributed by atoms with E-state index >= 15 is 0 Å². The van der Waals surface area contributed by atoms with E-state index in [0.29, 0.717) is 34.4 Å². The second-order valence-electron chi connectivity index (χ2n) is 7.47. The maximum Gasteiger partial charge on any atom is 0.259 e. The molecule has 1 amide bonds. The third-order valence-electron chi connectivity index (χ3n) is 5.30. The largest absolute Gasteiger partial charge is 0.335 e. The molecule has 0 saturated heterocycles. The lowest BCUT2D eigenvalue weighted by Crippen LogP contribution is -2.33. The molecule has 3 aromatic heterocycles. The molecule has 0 unspecified atom stereocenters. The normalized spacial score (nSPS) is 13.5. The molecule has 1 aliphatic rings. The van der Waals surface area contributed by atoms with Crippen LogP contribution in [-0.2, 0) is 6.54 Å². The van der Waals surface area contributed by atoms with Crippen molar-refractivity contribution in [3.05, 3.63) is 77.5 Å². The molecule has 7 heteroatoms. The Morgan fingerprint density at radius 2 is 2.00 bits per heavy atom. The van der Waals surface area contributed by atoms with Crippen LogP contribution in [0.1, 0.15) is 34.6 Å². The van der Waals surface area contributed by atoms with Crippen LogP contribution in [0.2, 0.25) is 0 Å². The zero-order chi connectivity index (χ0) is 20.7. The zero-order valence-corrected chi connectivity index (χ0v) is 16.4. The summed E-state index contributed by atoms with van der Waals surface area (Å²) in [4.78, 5) is 24.3. The van der Waals surface area contributed by atoms with Gasteiger partial charge >= 0.3 is 0 Å². The summed E-state index contributed by atoms with van der Waals surface area (Å²) in [5.74, 6) is -0.564. The Morgan fingerprint density at radius 1 is 1.20 bits per heavy atom. The fraction of sp³-hybridized carbons (Fsp3) is 0.217. The van der Waals surface area contributed by atoms with Crippen molar-refractivity contribution in [2.75, 3.05) is 0 Å². The molecule has 0 aliphatic heterocycles. The average molecular weight is 402 g/mol. The van der Waals surface area contributed by atoms with Gasteiger partial charge in [0.1, 0.15) is 5.82 Å². The predicted molar refractivity (Wildman–Crippen MR) is 109 cm³/mol. The summed E-state index contributed by atoms with van der Waals surface area (Å²) in [5.41, 5.74) is 2.69. The second-order valence-corrected chi connectivity index (χ2v) is 7.47. The number of hydrogen-bond acceptors (Lipinski definition) is 5. The molecule has 0 radical (unpaired) electrons. The summed E-state index contributed by atoms with van der Waals surface area (Å²) in [7, 11) is 0. The Morgan fingerprint density at radius 3 is 2.73 bits per heavy atom. The highest BCUT2D eigenvalue weighted by atomic mass is 19.1. The minimum Gasteiger partial charge on any atom is -0.335 e. The van der Waals surface area contributed by atoms with E-state index in [1.165, 1.54) is 6.07 Å². The number of halogens is 1. The number of nitrogens with zero attached hydrogens (tertiary/aromatic N) is 4. The highest BCUT2D eigenvalue weighted by Gasteiger charge is 2.35. The van der Waals surface area contributed by atoms with Gasteiger partial charge in [0, 0.05) is 17.8 Å². The van der Waals surface area contributed by atoms with E-state index in [-0.39, 0.29) is 17.7 Å². The van der Waals surface area contributed by atoms with Crippen molar-refractivity contribution in [2.24, 2.45) is 0 Å². The molecule has 0 bridgehead atoms. The van der Waals surface area contributed by atoms with Gasteiger partial charge in [0.2, 0.25) is 0 Å². The summed E-state index contributed by atoms with van der Waals surface area (Å²) in [5, 5.41) is 4.55. The molecule has 1 fully saturated rings. The number of aromatic nitrogens is 3. The highest BCUT2D eigenvalue weighted by molar-refractivity contribution is 6.07. The van der Waals surface area contributed by atoms with Gasteiger partial charge in [-0.3, -0.25) is 9.78 Å². The third kappa shape index (κ3) is 3.32. The van der Waals surface area contributed by atoms with Crippen molar-refractivity contribution in [1.82, 2.24) is 20.0 Å². The van der Waals surface area contributed by atoms with Crippen molar-refractivity contribution in [2.45, 2.75) is 32.4 Å². The number of fused-ring (bicyclic) bond motifs is 1. The number of pyridine rings is 2. The van der Waals surface area contributed by atoms with E-state index < -0.39 is 5.82 Å². The van der Waals surface area contributed by atoms with E-state index in [0.717, 1.165) is 18.5 Å². The minimum absolute atomic E-state index is 0.153. The summed E-state index contributed by atoms with van der Waals surface area (Å²) in [6, 6.07) is 13.8. The number of aryl methyl sites for hydroxylation is 1. The monoisotopic (exact) mass is 402 g/mol. The van der Waals surface area contributed by atoms with E-state index in [2.05, 4.69) is 15.1 Å².